The average Bonchev–Trinajstić information content (AvgIpc) is 1.90. The zero-order valence-corrected chi connectivity index (χ0v) is 8.43. The molecule has 0 aliphatic heterocycles. The summed E-state index contributed by atoms with van der Waals surface area (Å²) in [5, 5.41) is 0. The number of nitrogens with one attached hydrogen (secondary N) is 1. The van der Waals surface area contributed by atoms with E-state index in [-0.39, 0.29) is 25.8 Å². The minimum Gasteiger partial charge on any atom is -0.308 e. The maximum atomic E-state index is 5.04. The number of nitrogens with zero attached hydrogens (tertiary/aromatic N) is 1. The summed E-state index contributed by atoms with van der Waals surface area (Å²) in [5.74, 6) is 5.72. The molecule has 0 amide bonds. The van der Waals surface area contributed by atoms with Crippen molar-refractivity contribution in [1.29, 1.82) is 0 Å². The van der Waals surface area contributed by atoms with Crippen LogP contribution in [0.5, 0.6) is 0 Å². The van der Waals surface area contributed by atoms with E-state index >= 15 is 0 Å². The molecule has 4 heteroatoms. The van der Waals surface area contributed by atoms with Gasteiger partial charge < -0.3 is 5.43 Å². The molecular formula is C5H7HfN3. The Morgan fingerprint density at radius 1 is 1.44 bits per heavy atom. The van der Waals surface area contributed by atoms with Crippen LogP contribution in [0.1, 0.15) is 0 Å². The molecule has 3 N–H and O–H groups in total. The van der Waals surface area contributed by atoms with Crippen LogP contribution in [0.15, 0.2) is 24.4 Å². The van der Waals surface area contributed by atoms with Crippen molar-refractivity contribution in [2.75, 3.05) is 5.43 Å². The first-order valence-electron chi connectivity index (χ1n) is 2.31. The van der Waals surface area contributed by atoms with Gasteiger partial charge in [0.2, 0.25) is 0 Å². The third-order valence-corrected chi connectivity index (χ3v) is 0.813. The van der Waals surface area contributed by atoms with Gasteiger partial charge >= 0.3 is 0 Å². The van der Waals surface area contributed by atoms with E-state index in [1.165, 1.54) is 0 Å². The van der Waals surface area contributed by atoms with Crippen molar-refractivity contribution in [3.63, 3.8) is 0 Å². The number of pyridine rings is 1. The number of hydrogen-bond acceptors (Lipinski definition) is 3. The van der Waals surface area contributed by atoms with Gasteiger partial charge in [0.05, 0.1) is 0 Å². The Balaban J connectivity index is 0.000000640. The Labute approximate surface area is 72.4 Å². The number of hydrazine groups is 1. The van der Waals surface area contributed by atoms with Crippen molar-refractivity contribution in [3.8, 4) is 0 Å². The first kappa shape index (κ1) is 8.78. The van der Waals surface area contributed by atoms with E-state index < -0.39 is 0 Å². The largest absolute Gasteiger partial charge is 0.308 e. The first-order chi connectivity index (χ1) is 3.93. The molecule has 1 aromatic rings. The van der Waals surface area contributed by atoms with Crippen LogP contribution >= 0.6 is 0 Å². The minimum atomic E-state index is 0. The van der Waals surface area contributed by atoms with Gasteiger partial charge in [0.15, 0.2) is 0 Å². The molecule has 0 fully saturated rings. The van der Waals surface area contributed by atoms with E-state index in [0.29, 0.717) is 5.82 Å². The Bertz CT molecular complexity index is 154. The van der Waals surface area contributed by atoms with E-state index in [2.05, 4.69) is 10.4 Å². The summed E-state index contributed by atoms with van der Waals surface area (Å²) in [6.07, 6.45) is 1.68. The Hall–Kier alpha value is -0.220. The Morgan fingerprint density at radius 2 is 2.22 bits per heavy atom. The van der Waals surface area contributed by atoms with Crippen LogP contribution in [0.4, 0.5) is 5.82 Å². The SMILES string of the molecule is NNc1ccccn1.[Hf]. The number of anilines is 1. The van der Waals surface area contributed by atoms with Crippen molar-refractivity contribution in [2.45, 2.75) is 0 Å². The smallest absolute Gasteiger partial charge is 0.139 e. The molecule has 0 atom stereocenters. The molecule has 0 bridgehead atoms. The number of hydrogen-bond donors (Lipinski definition) is 2. The molecule has 1 aromatic heterocycles. The van der Waals surface area contributed by atoms with Crippen LogP contribution in [0, 0.1) is 0 Å². The zero-order chi connectivity index (χ0) is 5.82. The number of nitrogen functional groups attached to an aromatic ring is 1. The molecule has 1 rings (SSSR count). The quantitative estimate of drug-likeness (QED) is 0.446. The molecule has 9 heavy (non-hydrogen) atoms. The van der Waals surface area contributed by atoms with Crippen LogP contribution in [0.3, 0.4) is 0 Å². The van der Waals surface area contributed by atoms with Gasteiger partial charge in [-0.05, 0) is 12.1 Å². The van der Waals surface area contributed by atoms with Gasteiger partial charge in [-0.3, -0.25) is 0 Å². The van der Waals surface area contributed by atoms with Crippen molar-refractivity contribution in [2.24, 2.45) is 5.84 Å². The van der Waals surface area contributed by atoms with Crippen LogP contribution in [-0.4, -0.2) is 4.98 Å². The number of nitrogens with two attached hydrogens (primary N) is 1. The second-order valence-electron chi connectivity index (χ2n) is 1.36. The van der Waals surface area contributed by atoms with E-state index in [9.17, 15) is 0 Å². The van der Waals surface area contributed by atoms with Gasteiger partial charge in [-0.15, -0.1) is 0 Å². The summed E-state index contributed by atoms with van der Waals surface area (Å²) in [5.41, 5.74) is 2.42. The van der Waals surface area contributed by atoms with Gasteiger partial charge in [0, 0.05) is 32.0 Å². The molecule has 1 heterocycles. The fraction of sp³-hybridized carbons (Fsp3) is 0. The Morgan fingerprint density at radius 3 is 2.56 bits per heavy atom. The number of aromatic nitrogens is 1. The molecule has 0 unspecified atom stereocenters. The van der Waals surface area contributed by atoms with Gasteiger partial charge in [-0.25, -0.2) is 10.8 Å². The zero-order valence-electron chi connectivity index (χ0n) is 4.83. The molecule has 0 spiro atoms. The van der Waals surface area contributed by atoms with E-state index in [1.54, 1.807) is 12.3 Å². The summed E-state index contributed by atoms with van der Waals surface area (Å²) in [6.45, 7) is 0. The predicted molar refractivity (Wildman–Crippen MR) is 32.0 cm³/mol. The molecule has 3 nitrogen and oxygen atoms in total. The molecule has 0 saturated heterocycles. The van der Waals surface area contributed by atoms with Crippen LogP contribution in [0.25, 0.3) is 0 Å². The van der Waals surface area contributed by atoms with Crippen molar-refractivity contribution >= 4 is 5.82 Å². The second kappa shape index (κ2) is 4.64. The summed E-state index contributed by atoms with van der Waals surface area (Å²) >= 11 is 0. The molecule has 0 aliphatic rings. The fourth-order valence-corrected chi connectivity index (χ4v) is 0.448. The summed E-state index contributed by atoms with van der Waals surface area (Å²) in [7, 11) is 0. The molecule has 0 aliphatic carbocycles. The fourth-order valence-electron chi connectivity index (χ4n) is 0.448. The third kappa shape index (κ3) is 2.72. The van der Waals surface area contributed by atoms with Crippen molar-refractivity contribution in [1.82, 2.24) is 4.98 Å². The normalized spacial score (nSPS) is 7.67. The van der Waals surface area contributed by atoms with Gasteiger partial charge in [-0.1, -0.05) is 6.07 Å². The third-order valence-electron chi connectivity index (χ3n) is 0.813. The van der Waals surface area contributed by atoms with Crippen LogP contribution in [-0.2, 0) is 25.8 Å². The van der Waals surface area contributed by atoms with Crippen LogP contribution in [0.2, 0.25) is 0 Å². The Kier molecular flexibility index (Phi) is 4.53. The van der Waals surface area contributed by atoms with E-state index in [4.69, 9.17) is 5.84 Å². The average molecular weight is 288 g/mol. The molecule has 0 saturated carbocycles. The van der Waals surface area contributed by atoms with Crippen LogP contribution < -0.4 is 11.3 Å². The summed E-state index contributed by atoms with van der Waals surface area (Å²) in [6, 6.07) is 5.49. The topological polar surface area (TPSA) is 50.9 Å². The molecule has 0 aromatic carbocycles. The summed E-state index contributed by atoms with van der Waals surface area (Å²) in [4.78, 5) is 3.86. The summed E-state index contributed by atoms with van der Waals surface area (Å²) < 4.78 is 0. The first-order valence-corrected chi connectivity index (χ1v) is 2.31. The molecule has 0 radical (unpaired) electrons. The van der Waals surface area contributed by atoms with Crippen molar-refractivity contribution < 1.29 is 25.8 Å². The second-order valence-corrected chi connectivity index (χ2v) is 1.36. The van der Waals surface area contributed by atoms with Crippen molar-refractivity contribution in [3.05, 3.63) is 24.4 Å². The minimum absolute atomic E-state index is 0. The molecule has 46 valence electrons. The monoisotopic (exact) mass is 289 g/mol. The predicted octanol–water partition coefficient (Wildman–Crippen LogP) is 0.365. The maximum absolute atomic E-state index is 5.04. The number of rotatable bonds is 1. The van der Waals surface area contributed by atoms with E-state index in [1.807, 2.05) is 12.1 Å². The van der Waals surface area contributed by atoms with Gasteiger partial charge in [0.25, 0.3) is 0 Å². The van der Waals surface area contributed by atoms with Gasteiger partial charge in [-0.2, -0.15) is 0 Å². The standard InChI is InChI=1S/C5H7N3.Hf/c6-8-5-3-1-2-4-7-5;/h1-4H,6H2,(H,7,8);. The van der Waals surface area contributed by atoms with Gasteiger partial charge in [0.1, 0.15) is 5.82 Å². The molecular weight excluding hydrogens is 281 g/mol. The maximum Gasteiger partial charge on any atom is 0.139 e. The van der Waals surface area contributed by atoms with E-state index in [0.717, 1.165) is 0 Å².